The Balaban J connectivity index is 1.58. The van der Waals surface area contributed by atoms with E-state index < -0.39 is 28.5 Å². The molecule has 0 spiro atoms. The Hall–Kier alpha value is -3.11. The van der Waals surface area contributed by atoms with Gasteiger partial charge in [0.2, 0.25) is 10.0 Å². The number of esters is 1. The number of carbonyl (C=O) groups excluding carboxylic acids is 2. The minimum absolute atomic E-state index is 0.0326. The van der Waals surface area contributed by atoms with Gasteiger partial charge in [0.05, 0.1) is 19.8 Å². The Bertz CT molecular complexity index is 1110. The van der Waals surface area contributed by atoms with E-state index in [1.165, 1.54) is 29.6 Å². The summed E-state index contributed by atoms with van der Waals surface area (Å²) in [6.07, 6.45) is 4.16. The molecule has 0 bridgehead atoms. The normalized spacial score (nSPS) is 14.6. The Kier molecular flexibility index (Phi) is 9.50. The molecule has 0 atom stereocenters. The molecule has 1 amide bonds. The lowest BCUT2D eigenvalue weighted by molar-refractivity contribution is -0.124. The van der Waals surface area contributed by atoms with Gasteiger partial charge in [-0.25, -0.2) is 13.2 Å². The third-order valence-corrected chi connectivity index (χ3v) is 7.73. The van der Waals surface area contributed by atoms with Gasteiger partial charge in [0.15, 0.2) is 6.61 Å². The van der Waals surface area contributed by atoms with Gasteiger partial charge in [0, 0.05) is 19.6 Å². The van der Waals surface area contributed by atoms with Crippen molar-refractivity contribution in [2.75, 3.05) is 40.5 Å². The zero-order valence-corrected chi connectivity index (χ0v) is 20.9. The van der Waals surface area contributed by atoms with E-state index in [2.05, 4.69) is 5.32 Å². The zero-order chi connectivity index (χ0) is 25.3. The molecule has 1 aliphatic heterocycles. The zero-order valence-electron chi connectivity index (χ0n) is 20.1. The van der Waals surface area contributed by atoms with Gasteiger partial charge in [0.25, 0.3) is 5.91 Å². The van der Waals surface area contributed by atoms with Crippen LogP contribution in [-0.4, -0.2) is 65.1 Å². The van der Waals surface area contributed by atoms with Crippen LogP contribution in [0.15, 0.2) is 47.4 Å². The summed E-state index contributed by atoms with van der Waals surface area (Å²) in [4.78, 5) is 24.6. The van der Waals surface area contributed by atoms with Crippen LogP contribution in [0.4, 0.5) is 0 Å². The summed E-state index contributed by atoms with van der Waals surface area (Å²) in [6.45, 7) is 0.763. The van der Waals surface area contributed by atoms with E-state index in [1.54, 1.807) is 7.11 Å². The highest BCUT2D eigenvalue weighted by atomic mass is 32.2. The van der Waals surface area contributed by atoms with E-state index in [4.69, 9.17) is 14.2 Å². The molecule has 2 aromatic carbocycles. The monoisotopic (exact) mass is 504 g/mol. The Labute approximate surface area is 206 Å². The van der Waals surface area contributed by atoms with E-state index in [0.29, 0.717) is 26.1 Å². The molecule has 3 rings (SSSR count). The van der Waals surface area contributed by atoms with Crippen molar-refractivity contribution in [1.29, 1.82) is 0 Å². The summed E-state index contributed by atoms with van der Waals surface area (Å²) in [5, 5.41) is 2.70. The highest BCUT2D eigenvalue weighted by Crippen LogP contribution is 2.29. The van der Waals surface area contributed by atoms with Gasteiger partial charge in [-0.3, -0.25) is 4.79 Å². The van der Waals surface area contributed by atoms with Crippen LogP contribution < -0.4 is 14.8 Å². The third kappa shape index (κ3) is 7.19. The fourth-order valence-electron chi connectivity index (χ4n) is 3.83. The molecule has 2 aromatic rings. The van der Waals surface area contributed by atoms with Crippen molar-refractivity contribution in [2.45, 2.75) is 37.0 Å². The van der Waals surface area contributed by atoms with Crippen LogP contribution in [0.3, 0.4) is 0 Å². The van der Waals surface area contributed by atoms with Gasteiger partial charge in [-0.2, -0.15) is 4.31 Å². The summed E-state index contributed by atoms with van der Waals surface area (Å²) in [5.41, 5.74) is 1.06. The second-order valence-corrected chi connectivity index (χ2v) is 10.1. The molecule has 1 heterocycles. The quantitative estimate of drug-likeness (QED) is 0.495. The molecule has 1 N–H and O–H groups in total. The summed E-state index contributed by atoms with van der Waals surface area (Å²) in [5.74, 6) is -0.323. The lowest BCUT2D eigenvalue weighted by atomic mass is 10.1. The van der Waals surface area contributed by atoms with Gasteiger partial charge < -0.3 is 19.5 Å². The average Bonchev–Trinajstić information content (AvgIpc) is 3.17. The molecule has 1 fully saturated rings. The van der Waals surface area contributed by atoms with E-state index in [9.17, 15) is 18.0 Å². The Morgan fingerprint density at radius 3 is 2.26 bits per heavy atom. The molecular weight excluding hydrogens is 472 g/mol. The number of amides is 1. The maximum absolute atomic E-state index is 13.3. The highest BCUT2D eigenvalue weighted by molar-refractivity contribution is 7.89. The van der Waals surface area contributed by atoms with Crippen LogP contribution in [0.1, 0.15) is 41.6 Å². The van der Waals surface area contributed by atoms with Crippen LogP contribution in [-0.2, 0) is 26.0 Å². The van der Waals surface area contributed by atoms with Crippen LogP contribution in [0.25, 0.3) is 0 Å². The molecule has 35 heavy (non-hydrogen) atoms. The molecule has 190 valence electrons. The number of ether oxygens (including phenoxy) is 3. The van der Waals surface area contributed by atoms with Crippen molar-refractivity contribution in [3.8, 4) is 11.5 Å². The lowest BCUT2D eigenvalue weighted by Crippen LogP contribution is -2.32. The average molecular weight is 505 g/mol. The molecule has 1 aliphatic rings. The van der Waals surface area contributed by atoms with Crippen LogP contribution >= 0.6 is 0 Å². The largest absolute Gasteiger partial charge is 0.497 e. The molecule has 0 aromatic heterocycles. The molecule has 0 saturated carbocycles. The fraction of sp³-hybridized carbons (Fsp3) is 0.440. The van der Waals surface area contributed by atoms with Crippen LogP contribution in [0.5, 0.6) is 11.5 Å². The summed E-state index contributed by atoms with van der Waals surface area (Å²) in [6, 6.07) is 11.6. The predicted octanol–water partition coefficient (Wildman–Crippen LogP) is 2.78. The van der Waals surface area contributed by atoms with Crippen molar-refractivity contribution < 1.29 is 32.2 Å². The maximum atomic E-state index is 13.3. The number of hydrogen-bond donors (Lipinski definition) is 1. The first-order chi connectivity index (χ1) is 16.8. The van der Waals surface area contributed by atoms with E-state index in [1.807, 2.05) is 24.3 Å². The minimum Gasteiger partial charge on any atom is -0.497 e. The predicted molar refractivity (Wildman–Crippen MR) is 130 cm³/mol. The van der Waals surface area contributed by atoms with Crippen molar-refractivity contribution in [3.63, 3.8) is 0 Å². The minimum atomic E-state index is -3.84. The van der Waals surface area contributed by atoms with Crippen molar-refractivity contribution in [1.82, 2.24) is 9.62 Å². The van der Waals surface area contributed by atoms with E-state index in [-0.39, 0.29) is 16.2 Å². The van der Waals surface area contributed by atoms with Crippen LogP contribution in [0, 0.1) is 0 Å². The number of sulfonamides is 1. The van der Waals surface area contributed by atoms with Crippen molar-refractivity contribution >= 4 is 21.9 Å². The van der Waals surface area contributed by atoms with Gasteiger partial charge in [0.1, 0.15) is 16.4 Å². The fourth-order valence-corrected chi connectivity index (χ4v) is 5.53. The number of rotatable bonds is 10. The molecule has 0 aliphatic carbocycles. The smallest absolute Gasteiger partial charge is 0.338 e. The van der Waals surface area contributed by atoms with Crippen LogP contribution in [0.2, 0.25) is 0 Å². The Morgan fingerprint density at radius 1 is 0.943 bits per heavy atom. The van der Waals surface area contributed by atoms with E-state index >= 15 is 0 Å². The second-order valence-electron chi connectivity index (χ2n) is 8.21. The number of hydrogen-bond acceptors (Lipinski definition) is 7. The number of carbonyl (C=O) groups is 2. The molecule has 0 unspecified atom stereocenters. The molecule has 9 nitrogen and oxygen atoms in total. The molecule has 10 heteroatoms. The molecular formula is C25H32N2O7S. The SMILES string of the molecule is COc1ccc(CCNC(=O)COC(=O)c2ccc(OC)c(S(=O)(=O)N3CCCCCC3)c2)cc1. The molecule has 0 radical (unpaired) electrons. The van der Waals surface area contributed by atoms with Gasteiger partial charge in [-0.15, -0.1) is 0 Å². The summed E-state index contributed by atoms with van der Waals surface area (Å²) < 4.78 is 43.4. The second kappa shape index (κ2) is 12.6. The molecule has 1 saturated heterocycles. The number of nitrogens with zero attached hydrogens (tertiary/aromatic N) is 1. The Morgan fingerprint density at radius 2 is 1.63 bits per heavy atom. The number of methoxy groups -OCH3 is 2. The van der Waals surface area contributed by atoms with Gasteiger partial charge in [-0.1, -0.05) is 25.0 Å². The number of benzene rings is 2. The maximum Gasteiger partial charge on any atom is 0.338 e. The first-order valence-corrected chi connectivity index (χ1v) is 13.0. The number of nitrogens with one attached hydrogen (secondary N) is 1. The summed E-state index contributed by atoms with van der Waals surface area (Å²) in [7, 11) is -0.870. The van der Waals surface area contributed by atoms with Crippen molar-refractivity contribution in [3.05, 3.63) is 53.6 Å². The van der Waals surface area contributed by atoms with Gasteiger partial charge >= 0.3 is 5.97 Å². The summed E-state index contributed by atoms with van der Waals surface area (Å²) >= 11 is 0. The lowest BCUT2D eigenvalue weighted by Gasteiger charge is -2.21. The first kappa shape index (κ1) is 26.5. The van der Waals surface area contributed by atoms with E-state index in [0.717, 1.165) is 37.0 Å². The van der Waals surface area contributed by atoms with Gasteiger partial charge in [-0.05, 0) is 55.2 Å². The van der Waals surface area contributed by atoms with Crippen molar-refractivity contribution in [2.24, 2.45) is 0 Å². The highest BCUT2D eigenvalue weighted by Gasteiger charge is 2.29. The third-order valence-electron chi connectivity index (χ3n) is 5.81. The standard InChI is InChI=1S/C25H32N2O7S/c1-32-21-10-7-19(8-11-21)13-14-26-24(28)18-34-25(29)20-9-12-22(33-2)23(17-20)35(30,31)27-15-5-3-4-6-16-27/h7-12,17H,3-6,13-16,18H2,1-2H3,(H,26,28). The topological polar surface area (TPSA) is 111 Å². The first-order valence-electron chi connectivity index (χ1n) is 11.6.